The second-order valence-corrected chi connectivity index (χ2v) is 3.72. The van der Waals surface area contributed by atoms with Gasteiger partial charge in [-0.1, -0.05) is 11.8 Å². The lowest BCUT2D eigenvalue weighted by molar-refractivity contribution is -0.119. The van der Waals surface area contributed by atoms with Gasteiger partial charge in [-0.15, -0.1) is 0 Å². The number of carbonyl (C=O) groups excluding carboxylic acids is 1. The molecule has 78 valence electrons. The molecule has 2 heterocycles. The third-order valence-corrected chi connectivity index (χ3v) is 2.57. The number of nitrogens with zero attached hydrogens (tertiary/aromatic N) is 2. The van der Waals surface area contributed by atoms with Crippen LogP contribution in [0.15, 0.2) is 28.0 Å². The number of rotatable bonds is 4. The van der Waals surface area contributed by atoms with E-state index in [4.69, 9.17) is 9.52 Å². The Kier molecular flexibility index (Phi) is 2.98. The van der Waals surface area contributed by atoms with Crippen molar-refractivity contribution in [3.8, 4) is 0 Å². The molecule has 0 atom stereocenters. The van der Waals surface area contributed by atoms with Crippen molar-refractivity contribution >= 4 is 28.8 Å². The highest BCUT2D eigenvalue weighted by atomic mass is 32.2. The van der Waals surface area contributed by atoms with Crippen LogP contribution in [-0.4, -0.2) is 33.2 Å². The largest absolute Gasteiger partial charge is 0.430 e. The molecule has 0 fully saturated rings. The van der Waals surface area contributed by atoms with Crippen molar-refractivity contribution in [3.05, 3.63) is 18.3 Å². The predicted molar refractivity (Wildman–Crippen MR) is 54.6 cm³/mol. The summed E-state index contributed by atoms with van der Waals surface area (Å²) in [7, 11) is 0. The number of aromatic nitrogens is 2. The Balaban J connectivity index is 2.12. The number of aliphatic hydroxyl groups excluding tert-OH is 1. The van der Waals surface area contributed by atoms with E-state index in [0.717, 1.165) is 11.8 Å². The molecule has 0 aliphatic carbocycles. The summed E-state index contributed by atoms with van der Waals surface area (Å²) in [4.78, 5) is 18.9. The molecule has 0 saturated carbocycles. The lowest BCUT2D eigenvalue weighted by atomic mass is 10.5. The number of carbonyl (C=O) groups is 1. The molecule has 0 radical (unpaired) electrons. The van der Waals surface area contributed by atoms with Crippen LogP contribution < -0.4 is 0 Å². The average Bonchev–Trinajstić information content (AvgIpc) is 2.68. The van der Waals surface area contributed by atoms with E-state index in [1.165, 1.54) is 0 Å². The second-order valence-electron chi connectivity index (χ2n) is 2.79. The zero-order chi connectivity index (χ0) is 10.7. The maximum atomic E-state index is 10.8. The Morgan fingerprint density at radius 2 is 2.47 bits per heavy atom. The summed E-state index contributed by atoms with van der Waals surface area (Å²) in [6, 6.07) is 3.51. The number of aliphatic hydroxyl groups is 1. The maximum Gasteiger partial charge on any atom is 0.258 e. The minimum absolute atomic E-state index is 0.156. The van der Waals surface area contributed by atoms with Crippen LogP contribution in [0.4, 0.5) is 0 Å². The molecule has 0 unspecified atom stereocenters. The molecule has 5 nitrogen and oxygen atoms in total. The van der Waals surface area contributed by atoms with Crippen LogP contribution >= 0.6 is 11.8 Å². The van der Waals surface area contributed by atoms with Crippen LogP contribution in [0.25, 0.3) is 11.2 Å². The van der Waals surface area contributed by atoms with E-state index in [1.807, 2.05) is 0 Å². The summed E-state index contributed by atoms with van der Waals surface area (Å²) < 4.78 is 5.32. The Morgan fingerprint density at radius 1 is 1.60 bits per heavy atom. The first-order chi connectivity index (χ1) is 7.29. The number of fused-ring (bicyclic) bond motifs is 1. The van der Waals surface area contributed by atoms with Gasteiger partial charge >= 0.3 is 0 Å². The molecule has 15 heavy (non-hydrogen) atoms. The lowest BCUT2D eigenvalue weighted by Gasteiger charge is -1.91. The quantitative estimate of drug-likeness (QED) is 0.777. The Hall–Kier alpha value is -1.40. The van der Waals surface area contributed by atoms with Crippen LogP contribution in [0.5, 0.6) is 0 Å². The molecular weight excluding hydrogens is 216 g/mol. The highest BCUT2D eigenvalue weighted by Gasteiger charge is 2.08. The molecule has 0 aliphatic rings. The Bertz CT molecular complexity index is 450. The third kappa shape index (κ3) is 2.34. The predicted octanol–water partition coefficient (Wildman–Crippen LogP) is 0.876. The van der Waals surface area contributed by atoms with Gasteiger partial charge in [-0.3, -0.25) is 4.79 Å². The van der Waals surface area contributed by atoms with Crippen molar-refractivity contribution in [2.24, 2.45) is 0 Å². The number of pyridine rings is 1. The SMILES string of the molecule is O=C(CO)CSc1nc2ncccc2o1. The van der Waals surface area contributed by atoms with Crippen molar-refractivity contribution in [2.75, 3.05) is 12.4 Å². The van der Waals surface area contributed by atoms with Crippen molar-refractivity contribution in [1.82, 2.24) is 9.97 Å². The zero-order valence-corrected chi connectivity index (χ0v) is 8.53. The summed E-state index contributed by atoms with van der Waals surface area (Å²) in [6.45, 7) is -0.453. The van der Waals surface area contributed by atoms with E-state index in [9.17, 15) is 4.79 Å². The van der Waals surface area contributed by atoms with E-state index in [0.29, 0.717) is 16.5 Å². The smallest absolute Gasteiger partial charge is 0.258 e. The number of hydrogen-bond acceptors (Lipinski definition) is 6. The molecular formula is C9H8N2O3S. The van der Waals surface area contributed by atoms with Gasteiger partial charge in [0.15, 0.2) is 17.0 Å². The van der Waals surface area contributed by atoms with Gasteiger partial charge in [-0.25, -0.2) is 4.98 Å². The van der Waals surface area contributed by atoms with E-state index in [1.54, 1.807) is 18.3 Å². The summed E-state index contributed by atoms with van der Waals surface area (Å²) in [5, 5.41) is 8.92. The van der Waals surface area contributed by atoms with Crippen LogP contribution in [0.2, 0.25) is 0 Å². The van der Waals surface area contributed by atoms with Crippen molar-refractivity contribution < 1.29 is 14.3 Å². The Morgan fingerprint density at radius 3 is 3.20 bits per heavy atom. The van der Waals surface area contributed by atoms with Crippen molar-refractivity contribution in [2.45, 2.75) is 5.22 Å². The summed E-state index contributed by atoms with van der Waals surface area (Å²) in [6.07, 6.45) is 1.62. The van der Waals surface area contributed by atoms with E-state index in [2.05, 4.69) is 9.97 Å². The molecule has 2 aromatic heterocycles. The standard InChI is InChI=1S/C9H8N2O3S/c12-4-6(13)5-15-9-11-8-7(14-9)2-1-3-10-8/h1-3,12H,4-5H2. The monoisotopic (exact) mass is 224 g/mol. The number of Topliss-reactive ketones (excluding diaryl/α,β-unsaturated/α-hetero) is 1. The average molecular weight is 224 g/mol. The van der Waals surface area contributed by atoms with Gasteiger partial charge in [0.1, 0.15) is 6.61 Å². The van der Waals surface area contributed by atoms with Gasteiger partial charge < -0.3 is 9.52 Å². The van der Waals surface area contributed by atoms with Gasteiger partial charge in [0, 0.05) is 6.20 Å². The summed E-state index contributed by atoms with van der Waals surface area (Å²) in [5.41, 5.74) is 1.12. The highest BCUT2D eigenvalue weighted by molar-refractivity contribution is 7.99. The van der Waals surface area contributed by atoms with Crippen LogP contribution in [-0.2, 0) is 4.79 Å². The van der Waals surface area contributed by atoms with Crippen molar-refractivity contribution in [1.29, 1.82) is 0 Å². The third-order valence-electron chi connectivity index (χ3n) is 1.68. The van der Waals surface area contributed by atoms with Crippen molar-refractivity contribution in [3.63, 3.8) is 0 Å². The molecule has 0 aliphatic heterocycles. The number of ketones is 1. The normalized spacial score (nSPS) is 10.7. The second kappa shape index (κ2) is 4.41. The van der Waals surface area contributed by atoms with E-state index in [-0.39, 0.29) is 11.5 Å². The van der Waals surface area contributed by atoms with Crippen LogP contribution in [0.3, 0.4) is 0 Å². The first-order valence-corrected chi connectivity index (χ1v) is 5.25. The molecule has 2 aromatic rings. The molecule has 2 rings (SSSR count). The maximum absolute atomic E-state index is 10.8. The van der Waals surface area contributed by atoms with E-state index < -0.39 is 6.61 Å². The molecule has 6 heteroatoms. The topological polar surface area (TPSA) is 76.2 Å². The van der Waals surface area contributed by atoms with Gasteiger partial charge in [0.2, 0.25) is 0 Å². The van der Waals surface area contributed by atoms with Gasteiger partial charge in [0.05, 0.1) is 5.75 Å². The minimum atomic E-state index is -0.453. The molecule has 0 bridgehead atoms. The first-order valence-electron chi connectivity index (χ1n) is 4.26. The molecule has 0 aromatic carbocycles. The number of thioether (sulfide) groups is 1. The lowest BCUT2D eigenvalue weighted by Crippen LogP contribution is -2.05. The molecule has 1 N–H and O–H groups in total. The Labute approximate surface area is 89.5 Å². The van der Waals surface area contributed by atoms with Gasteiger partial charge in [0.25, 0.3) is 5.22 Å². The van der Waals surface area contributed by atoms with Crippen LogP contribution in [0.1, 0.15) is 0 Å². The van der Waals surface area contributed by atoms with Crippen LogP contribution in [0, 0.1) is 0 Å². The summed E-state index contributed by atoms with van der Waals surface area (Å²) in [5.74, 6) is -0.0984. The fraction of sp³-hybridized carbons (Fsp3) is 0.222. The van der Waals surface area contributed by atoms with Gasteiger partial charge in [-0.05, 0) is 12.1 Å². The zero-order valence-electron chi connectivity index (χ0n) is 7.71. The fourth-order valence-electron chi connectivity index (χ4n) is 0.999. The van der Waals surface area contributed by atoms with E-state index >= 15 is 0 Å². The number of hydrogen-bond donors (Lipinski definition) is 1. The molecule has 0 spiro atoms. The van der Waals surface area contributed by atoms with Gasteiger partial charge in [-0.2, -0.15) is 4.98 Å². The first kappa shape index (κ1) is 10.1. The fourth-order valence-corrected chi connectivity index (χ4v) is 1.67. The minimum Gasteiger partial charge on any atom is -0.430 e. The summed E-state index contributed by atoms with van der Waals surface area (Å²) >= 11 is 1.15. The number of oxazole rings is 1. The molecule has 0 amide bonds. The highest BCUT2D eigenvalue weighted by Crippen LogP contribution is 2.21. The molecule has 0 saturated heterocycles.